The maximum atomic E-state index is 13.3. The molecule has 3 nitrogen and oxygen atoms in total. The molecule has 4 aliphatic carbocycles. The van der Waals surface area contributed by atoms with Crippen molar-refractivity contribution >= 4 is 5.91 Å². The molecule has 1 N–H and O–H groups in total. The molecule has 1 aromatic rings. The average molecular weight is 450 g/mol. The van der Waals surface area contributed by atoms with Gasteiger partial charge in [-0.15, -0.1) is 0 Å². The Hall–Kier alpha value is -1.35. The molecule has 0 bridgehead atoms. The largest absolute Gasteiger partial charge is 0.390 e. The van der Waals surface area contributed by atoms with Gasteiger partial charge in [-0.05, 0) is 118 Å². The van der Waals surface area contributed by atoms with Crippen LogP contribution in [0.1, 0.15) is 89.5 Å². The molecule has 6 rings (SSSR count). The quantitative estimate of drug-likeness (QED) is 0.613. The van der Waals surface area contributed by atoms with Crippen LogP contribution < -0.4 is 0 Å². The summed E-state index contributed by atoms with van der Waals surface area (Å²) in [5.41, 5.74) is 1.19. The average Bonchev–Trinajstić information content (AvgIpc) is 3.33. The molecule has 5 fully saturated rings. The van der Waals surface area contributed by atoms with Crippen LogP contribution in [0.4, 0.5) is 0 Å². The Morgan fingerprint density at radius 3 is 2.52 bits per heavy atom. The summed E-state index contributed by atoms with van der Waals surface area (Å²) in [6.45, 7) is 6.59. The fourth-order valence-electron chi connectivity index (χ4n) is 9.67. The summed E-state index contributed by atoms with van der Waals surface area (Å²) < 4.78 is 0. The molecule has 3 heteroatoms. The van der Waals surface area contributed by atoms with Gasteiger partial charge in [0.15, 0.2) is 0 Å². The van der Waals surface area contributed by atoms with E-state index in [9.17, 15) is 9.90 Å². The number of amides is 1. The Balaban J connectivity index is 1.14. The monoisotopic (exact) mass is 449 g/mol. The summed E-state index contributed by atoms with van der Waals surface area (Å²) in [7, 11) is 0. The zero-order chi connectivity index (χ0) is 22.8. The van der Waals surface area contributed by atoms with Crippen LogP contribution >= 0.6 is 0 Å². The first kappa shape index (κ1) is 22.1. The van der Waals surface area contributed by atoms with Crippen LogP contribution in [0.25, 0.3) is 0 Å². The molecule has 33 heavy (non-hydrogen) atoms. The molecule has 0 unspecified atom stereocenters. The van der Waals surface area contributed by atoms with E-state index in [0.717, 1.165) is 61.9 Å². The van der Waals surface area contributed by atoms with E-state index in [2.05, 4.69) is 43.0 Å². The first-order valence-electron chi connectivity index (χ1n) is 13.9. The predicted molar refractivity (Wildman–Crippen MR) is 132 cm³/mol. The maximum absolute atomic E-state index is 13.3. The lowest BCUT2D eigenvalue weighted by Gasteiger charge is -2.57. The van der Waals surface area contributed by atoms with E-state index >= 15 is 0 Å². The number of likely N-dealkylation sites (tertiary alicyclic amines) is 1. The normalized spacial score (nSPS) is 47.2. The molecular formula is C30H43NO2. The Morgan fingerprint density at radius 1 is 0.909 bits per heavy atom. The van der Waals surface area contributed by atoms with Gasteiger partial charge in [-0.2, -0.15) is 0 Å². The minimum Gasteiger partial charge on any atom is -0.390 e. The third kappa shape index (κ3) is 3.68. The topological polar surface area (TPSA) is 40.5 Å². The number of hydrogen-bond donors (Lipinski definition) is 1. The zero-order valence-corrected chi connectivity index (χ0v) is 20.7. The van der Waals surface area contributed by atoms with Gasteiger partial charge in [0.05, 0.1) is 11.5 Å². The van der Waals surface area contributed by atoms with Crippen LogP contribution in [0.2, 0.25) is 0 Å². The highest BCUT2D eigenvalue weighted by molar-refractivity contribution is 5.85. The summed E-state index contributed by atoms with van der Waals surface area (Å²) in [6, 6.07) is 10.4. The van der Waals surface area contributed by atoms with Crippen molar-refractivity contribution in [2.45, 2.75) is 89.6 Å². The van der Waals surface area contributed by atoms with Crippen LogP contribution in [0.3, 0.4) is 0 Å². The number of benzene rings is 1. The van der Waals surface area contributed by atoms with E-state index in [1.54, 1.807) is 0 Å². The molecule has 1 heterocycles. The fraction of sp³-hybridized carbons (Fsp3) is 0.767. The smallest absolute Gasteiger partial charge is 0.230 e. The van der Waals surface area contributed by atoms with Crippen LogP contribution in [-0.4, -0.2) is 34.6 Å². The highest BCUT2D eigenvalue weighted by atomic mass is 16.3. The second-order valence-electron chi connectivity index (χ2n) is 13.0. The van der Waals surface area contributed by atoms with Gasteiger partial charge in [0, 0.05) is 13.1 Å². The molecule has 1 aromatic carbocycles. The fourth-order valence-corrected chi connectivity index (χ4v) is 9.67. The van der Waals surface area contributed by atoms with Gasteiger partial charge >= 0.3 is 0 Å². The van der Waals surface area contributed by atoms with Gasteiger partial charge < -0.3 is 10.0 Å². The van der Waals surface area contributed by atoms with Crippen LogP contribution in [0.15, 0.2) is 30.3 Å². The predicted octanol–water partition coefficient (Wildman–Crippen LogP) is 6.02. The van der Waals surface area contributed by atoms with E-state index in [1.165, 1.54) is 50.5 Å². The molecule has 5 aliphatic rings. The van der Waals surface area contributed by atoms with Crippen LogP contribution in [-0.2, 0) is 4.79 Å². The van der Waals surface area contributed by atoms with E-state index in [1.807, 2.05) is 6.07 Å². The summed E-state index contributed by atoms with van der Waals surface area (Å²) in [5, 5.41) is 10.7. The lowest BCUT2D eigenvalue weighted by Crippen LogP contribution is -2.51. The van der Waals surface area contributed by atoms with Crippen molar-refractivity contribution in [3.05, 3.63) is 35.9 Å². The molecular weight excluding hydrogens is 406 g/mol. The van der Waals surface area contributed by atoms with E-state index in [-0.39, 0.29) is 5.92 Å². The summed E-state index contributed by atoms with van der Waals surface area (Å²) in [4.78, 5) is 15.5. The maximum Gasteiger partial charge on any atom is 0.230 e. The molecule has 1 aliphatic heterocycles. The van der Waals surface area contributed by atoms with Crippen molar-refractivity contribution in [3.8, 4) is 0 Å². The van der Waals surface area contributed by atoms with Crippen molar-refractivity contribution in [2.24, 2.45) is 40.9 Å². The first-order valence-corrected chi connectivity index (χ1v) is 13.9. The first-order chi connectivity index (χ1) is 15.9. The van der Waals surface area contributed by atoms with Gasteiger partial charge in [-0.1, -0.05) is 37.3 Å². The summed E-state index contributed by atoms with van der Waals surface area (Å²) >= 11 is 0. The summed E-state index contributed by atoms with van der Waals surface area (Å²) in [5.74, 6) is 5.38. The summed E-state index contributed by atoms with van der Waals surface area (Å²) in [6.07, 6.45) is 12.4. The molecule has 0 aromatic heterocycles. The Morgan fingerprint density at radius 2 is 1.70 bits per heavy atom. The number of aliphatic hydroxyl groups is 1. The lowest BCUT2D eigenvalue weighted by atomic mass is 9.49. The molecule has 9 atom stereocenters. The van der Waals surface area contributed by atoms with Crippen molar-refractivity contribution in [1.29, 1.82) is 0 Å². The third-order valence-electron chi connectivity index (χ3n) is 11.4. The number of nitrogens with zero attached hydrogens (tertiary/aromatic N) is 1. The minimum atomic E-state index is -0.421. The second kappa shape index (κ2) is 8.11. The molecule has 4 saturated carbocycles. The third-order valence-corrected chi connectivity index (χ3v) is 11.4. The zero-order valence-electron chi connectivity index (χ0n) is 20.7. The van der Waals surface area contributed by atoms with E-state index in [4.69, 9.17) is 0 Å². The second-order valence-corrected chi connectivity index (χ2v) is 13.0. The molecule has 1 amide bonds. The van der Waals surface area contributed by atoms with Crippen molar-refractivity contribution in [2.75, 3.05) is 13.1 Å². The van der Waals surface area contributed by atoms with E-state index in [0.29, 0.717) is 17.2 Å². The standard InChI is InChI=1S/C30H43NO2/c1-29(33)15-12-23-21(18-29)8-10-26-25(23)13-16-30(2)22(9-11-27(26)30)19-31-17-14-24(28(31)32)20-6-4-3-5-7-20/h3-7,21-27,33H,8-19H2,1-2H3/t21-,22-,23+,24+,25-,26-,27+,29-,30-/m1/s1. The lowest BCUT2D eigenvalue weighted by molar-refractivity contribution is -0.131. The number of carbonyl (C=O) groups is 1. The Bertz CT molecular complexity index is 881. The number of rotatable bonds is 3. The highest BCUT2D eigenvalue weighted by Crippen LogP contribution is 2.64. The van der Waals surface area contributed by atoms with Gasteiger partial charge in [0.25, 0.3) is 0 Å². The van der Waals surface area contributed by atoms with Crippen molar-refractivity contribution in [1.82, 2.24) is 4.90 Å². The Kier molecular flexibility index (Phi) is 5.44. The molecule has 1 saturated heterocycles. The molecule has 180 valence electrons. The van der Waals surface area contributed by atoms with Crippen LogP contribution in [0.5, 0.6) is 0 Å². The van der Waals surface area contributed by atoms with Gasteiger partial charge in [0.1, 0.15) is 0 Å². The number of carbonyl (C=O) groups excluding carboxylic acids is 1. The Labute approximate surface area is 200 Å². The van der Waals surface area contributed by atoms with Crippen molar-refractivity contribution < 1.29 is 9.90 Å². The van der Waals surface area contributed by atoms with Crippen molar-refractivity contribution in [3.63, 3.8) is 0 Å². The van der Waals surface area contributed by atoms with Gasteiger partial charge in [-0.3, -0.25) is 4.79 Å². The highest BCUT2D eigenvalue weighted by Gasteiger charge is 2.57. The number of fused-ring (bicyclic) bond motifs is 5. The van der Waals surface area contributed by atoms with Gasteiger partial charge in [-0.25, -0.2) is 0 Å². The molecule has 0 spiro atoms. The van der Waals surface area contributed by atoms with Gasteiger partial charge in [0.2, 0.25) is 5.91 Å². The molecule has 0 radical (unpaired) electrons. The SMILES string of the molecule is C[C@@]1(O)CC[C@H]2[C@H](CC[C@@H]3[C@@H]2CC[C@]2(C)[C@@H](CN4CC[C@@H](c5ccccc5)C4=O)CC[C@@H]32)C1. The van der Waals surface area contributed by atoms with Crippen LogP contribution in [0, 0.1) is 40.9 Å². The van der Waals surface area contributed by atoms with E-state index < -0.39 is 5.60 Å². The minimum absolute atomic E-state index is 0.0748. The number of hydrogen-bond acceptors (Lipinski definition) is 2.